The Morgan fingerprint density at radius 1 is 1.10 bits per heavy atom. The van der Waals surface area contributed by atoms with Crippen molar-refractivity contribution in [3.63, 3.8) is 0 Å². The molecule has 0 aliphatic rings. The fourth-order valence-corrected chi connectivity index (χ4v) is 3.17. The molecule has 0 aliphatic carbocycles. The van der Waals surface area contributed by atoms with Crippen molar-refractivity contribution in [1.82, 2.24) is 10.6 Å². The SMILES string of the molecule is CCC(C)[C@@H](C(=O)NCc1ccccc1)C(=O)NCC(F)(F)C(O)[C@@H](N)CC(C)C. The van der Waals surface area contributed by atoms with E-state index in [0.29, 0.717) is 6.42 Å². The Bertz CT molecular complexity index is 671. The Morgan fingerprint density at radius 3 is 2.20 bits per heavy atom. The van der Waals surface area contributed by atoms with Gasteiger partial charge in [-0.25, -0.2) is 8.78 Å². The first kappa shape index (κ1) is 26.0. The minimum Gasteiger partial charge on any atom is -0.385 e. The first-order chi connectivity index (χ1) is 14.0. The number of halogens is 2. The van der Waals surface area contributed by atoms with Gasteiger partial charge in [-0.15, -0.1) is 0 Å². The maximum Gasteiger partial charge on any atom is 0.291 e. The standard InChI is InChI=1S/C22H35F2N3O3/c1-5-15(4)18(20(29)26-12-16-9-7-6-8-10-16)21(30)27-13-22(23,24)19(28)17(25)11-14(2)3/h6-10,14-15,17-19,28H,5,11-13,25H2,1-4H3,(H,26,29)(H,27,30)/t15?,17-,18-,19?/m0/s1. The summed E-state index contributed by atoms with van der Waals surface area (Å²) in [5, 5.41) is 14.8. The number of amides is 2. The maximum atomic E-state index is 14.4. The lowest BCUT2D eigenvalue weighted by Crippen LogP contribution is -2.54. The lowest BCUT2D eigenvalue weighted by atomic mass is 9.89. The van der Waals surface area contributed by atoms with Gasteiger partial charge in [0.25, 0.3) is 5.92 Å². The molecule has 0 spiro atoms. The van der Waals surface area contributed by atoms with E-state index in [1.807, 2.05) is 51.1 Å². The molecule has 1 aromatic rings. The average Bonchev–Trinajstić information content (AvgIpc) is 2.70. The van der Waals surface area contributed by atoms with E-state index in [1.54, 1.807) is 6.92 Å². The zero-order chi connectivity index (χ0) is 22.9. The zero-order valence-electron chi connectivity index (χ0n) is 18.2. The molecule has 6 nitrogen and oxygen atoms in total. The molecule has 0 saturated carbocycles. The first-order valence-corrected chi connectivity index (χ1v) is 10.4. The molecule has 1 rings (SSSR count). The van der Waals surface area contributed by atoms with Gasteiger partial charge in [0.15, 0.2) is 0 Å². The molecule has 1 aromatic carbocycles. The highest BCUT2D eigenvalue weighted by Crippen LogP contribution is 2.23. The largest absolute Gasteiger partial charge is 0.385 e. The van der Waals surface area contributed by atoms with Gasteiger partial charge in [0.1, 0.15) is 12.0 Å². The number of benzene rings is 1. The molecule has 2 amide bonds. The summed E-state index contributed by atoms with van der Waals surface area (Å²) in [5.41, 5.74) is 6.54. The maximum absolute atomic E-state index is 14.4. The molecule has 0 aliphatic heterocycles. The van der Waals surface area contributed by atoms with Crippen molar-refractivity contribution in [1.29, 1.82) is 0 Å². The molecule has 0 saturated heterocycles. The Morgan fingerprint density at radius 2 is 1.67 bits per heavy atom. The lowest BCUT2D eigenvalue weighted by molar-refractivity contribution is -0.142. The van der Waals surface area contributed by atoms with Crippen LogP contribution in [0.3, 0.4) is 0 Å². The number of carbonyl (C=O) groups is 2. The highest BCUT2D eigenvalue weighted by atomic mass is 19.3. The zero-order valence-corrected chi connectivity index (χ0v) is 18.2. The summed E-state index contributed by atoms with van der Waals surface area (Å²) in [7, 11) is 0. The highest BCUT2D eigenvalue weighted by Gasteiger charge is 2.43. The molecule has 4 atom stereocenters. The average molecular weight is 428 g/mol. The third kappa shape index (κ3) is 7.99. The number of aliphatic hydroxyl groups excluding tert-OH is 1. The highest BCUT2D eigenvalue weighted by molar-refractivity contribution is 6.00. The number of rotatable bonds is 12. The molecule has 2 unspecified atom stereocenters. The number of aliphatic hydroxyl groups is 1. The van der Waals surface area contributed by atoms with E-state index in [-0.39, 0.29) is 24.8 Å². The fourth-order valence-electron chi connectivity index (χ4n) is 3.17. The number of carbonyl (C=O) groups excluding carboxylic acids is 2. The molecule has 8 heteroatoms. The van der Waals surface area contributed by atoms with Crippen LogP contribution < -0.4 is 16.4 Å². The van der Waals surface area contributed by atoms with E-state index in [9.17, 15) is 23.5 Å². The van der Waals surface area contributed by atoms with Crippen LogP contribution in [0, 0.1) is 17.8 Å². The van der Waals surface area contributed by atoms with Crippen LogP contribution in [-0.2, 0) is 16.1 Å². The van der Waals surface area contributed by atoms with Crippen LogP contribution in [0.4, 0.5) is 8.78 Å². The van der Waals surface area contributed by atoms with Gasteiger partial charge in [-0.2, -0.15) is 0 Å². The van der Waals surface area contributed by atoms with Crippen LogP contribution >= 0.6 is 0 Å². The molecule has 0 heterocycles. The molecule has 0 aromatic heterocycles. The number of alkyl halides is 2. The summed E-state index contributed by atoms with van der Waals surface area (Å²) in [6, 6.07) is 8.07. The Hall–Kier alpha value is -2.06. The van der Waals surface area contributed by atoms with Crippen molar-refractivity contribution in [2.45, 2.75) is 65.1 Å². The van der Waals surface area contributed by atoms with Crippen LogP contribution in [0.2, 0.25) is 0 Å². The number of nitrogens with two attached hydrogens (primary N) is 1. The minimum atomic E-state index is -3.61. The minimum absolute atomic E-state index is 0.0446. The topological polar surface area (TPSA) is 104 Å². The Kier molecular flexibility index (Phi) is 10.4. The molecule has 30 heavy (non-hydrogen) atoms. The number of nitrogens with one attached hydrogen (secondary N) is 2. The van der Waals surface area contributed by atoms with Crippen LogP contribution in [0.1, 0.15) is 46.1 Å². The Balaban J connectivity index is 2.75. The summed E-state index contributed by atoms with van der Waals surface area (Å²) in [6.07, 6.45) is -1.34. The second-order valence-corrected chi connectivity index (χ2v) is 8.28. The predicted molar refractivity (Wildman–Crippen MR) is 113 cm³/mol. The van der Waals surface area contributed by atoms with E-state index in [0.717, 1.165) is 5.56 Å². The van der Waals surface area contributed by atoms with E-state index in [4.69, 9.17) is 5.73 Å². The van der Waals surface area contributed by atoms with Gasteiger partial charge in [0, 0.05) is 12.6 Å². The van der Waals surface area contributed by atoms with Crippen molar-refractivity contribution in [2.75, 3.05) is 6.54 Å². The quantitative estimate of drug-likeness (QED) is 0.385. The summed E-state index contributed by atoms with van der Waals surface area (Å²) in [5.74, 6) is -6.34. The van der Waals surface area contributed by atoms with E-state index < -0.39 is 42.3 Å². The van der Waals surface area contributed by atoms with Crippen molar-refractivity contribution >= 4 is 11.8 Å². The first-order valence-electron chi connectivity index (χ1n) is 10.4. The normalized spacial score (nSPS) is 15.9. The van der Waals surface area contributed by atoms with Crippen molar-refractivity contribution in [2.24, 2.45) is 23.5 Å². The third-order valence-corrected chi connectivity index (χ3v) is 5.17. The number of hydrogen-bond donors (Lipinski definition) is 4. The predicted octanol–water partition coefficient (Wildman–Crippen LogP) is 2.45. The molecule has 5 N–H and O–H groups in total. The van der Waals surface area contributed by atoms with Gasteiger partial charge in [0.05, 0.1) is 6.54 Å². The molecule has 0 fully saturated rings. The second kappa shape index (κ2) is 12.0. The van der Waals surface area contributed by atoms with Gasteiger partial charge >= 0.3 is 0 Å². The van der Waals surface area contributed by atoms with Crippen LogP contribution in [0.5, 0.6) is 0 Å². The van der Waals surface area contributed by atoms with Gasteiger partial charge in [-0.05, 0) is 23.8 Å². The summed E-state index contributed by atoms with van der Waals surface area (Å²) in [4.78, 5) is 25.2. The molecule has 0 radical (unpaired) electrons. The smallest absolute Gasteiger partial charge is 0.291 e. The fraction of sp³-hybridized carbons (Fsp3) is 0.636. The van der Waals surface area contributed by atoms with E-state index >= 15 is 0 Å². The van der Waals surface area contributed by atoms with Crippen LogP contribution in [0.15, 0.2) is 30.3 Å². The van der Waals surface area contributed by atoms with Gasteiger partial charge < -0.3 is 21.5 Å². The molecular formula is C22H35F2N3O3. The monoisotopic (exact) mass is 427 g/mol. The van der Waals surface area contributed by atoms with E-state index in [1.165, 1.54) is 0 Å². The van der Waals surface area contributed by atoms with E-state index in [2.05, 4.69) is 10.6 Å². The van der Waals surface area contributed by atoms with Gasteiger partial charge in [-0.3, -0.25) is 9.59 Å². The van der Waals surface area contributed by atoms with Crippen molar-refractivity contribution in [3.8, 4) is 0 Å². The Labute approximate surface area is 177 Å². The molecule has 170 valence electrons. The lowest BCUT2D eigenvalue weighted by Gasteiger charge is -2.29. The van der Waals surface area contributed by atoms with Crippen molar-refractivity contribution in [3.05, 3.63) is 35.9 Å². The second-order valence-electron chi connectivity index (χ2n) is 8.28. The molecule has 0 bridgehead atoms. The number of hydrogen-bond acceptors (Lipinski definition) is 4. The van der Waals surface area contributed by atoms with Gasteiger partial charge in [0.2, 0.25) is 11.8 Å². The summed E-state index contributed by atoms with van der Waals surface area (Å²) < 4.78 is 28.7. The van der Waals surface area contributed by atoms with Gasteiger partial charge in [-0.1, -0.05) is 64.4 Å². The molecular weight excluding hydrogens is 392 g/mol. The summed E-state index contributed by atoms with van der Waals surface area (Å²) in [6.45, 7) is 6.32. The summed E-state index contributed by atoms with van der Waals surface area (Å²) >= 11 is 0. The van der Waals surface area contributed by atoms with Crippen LogP contribution in [0.25, 0.3) is 0 Å². The van der Waals surface area contributed by atoms with Crippen molar-refractivity contribution < 1.29 is 23.5 Å². The third-order valence-electron chi connectivity index (χ3n) is 5.17. The van der Waals surface area contributed by atoms with Crippen LogP contribution in [-0.4, -0.2) is 41.5 Å².